The van der Waals surface area contributed by atoms with Crippen LogP contribution in [0.5, 0.6) is 0 Å². The molecule has 0 aromatic rings. The summed E-state index contributed by atoms with van der Waals surface area (Å²) in [6.45, 7) is 4.77. The number of nitrogens with two attached hydrogens (primary N) is 1. The van der Waals surface area contributed by atoms with Gasteiger partial charge in [-0.1, -0.05) is 26.1 Å². The van der Waals surface area contributed by atoms with Crippen LogP contribution in [0.15, 0.2) is 0 Å². The van der Waals surface area contributed by atoms with Gasteiger partial charge in [0.1, 0.15) is 0 Å². The van der Waals surface area contributed by atoms with Gasteiger partial charge < -0.3 is 11.1 Å². The minimum Gasteiger partial charge on any atom is -0.393 e. The smallest absolute Gasteiger partial charge is 0.223 e. The van der Waals surface area contributed by atoms with Crippen LogP contribution in [0.4, 0.5) is 0 Å². The molecule has 3 nitrogen and oxygen atoms in total. The van der Waals surface area contributed by atoms with Gasteiger partial charge in [-0.25, -0.2) is 0 Å². The lowest BCUT2D eigenvalue weighted by atomic mass is 10.1. The second-order valence-electron chi connectivity index (χ2n) is 4.25. The Hall–Kier alpha value is -0.640. The molecule has 0 aromatic heterocycles. The molecule has 3 N–H and O–H groups in total. The van der Waals surface area contributed by atoms with E-state index in [1.807, 2.05) is 0 Å². The summed E-state index contributed by atoms with van der Waals surface area (Å²) >= 11 is 4.70. The fraction of sp³-hybridized carbons (Fsp3) is 0.778. The third-order valence-corrected chi connectivity index (χ3v) is 2.70. The summed E-state index contributed by atoms with van der Waals surface area (Å²) in [6.07, 6.45) is 1.58. The van der Waals surface area contributed by atoms with Crippen LogP contribution in [-0.2, 0) is 4.79 Å². The molecule has 0 aliphatic heterocycles. The first-order valence-corrected chi connectivity index (χ1v) is 4.90. The van der Waals surface area contributed by atoms with Crippen molar-refractivity contribution in [2.24, 2.45) is 17.1 Å². The van der Waals surface area contributed by atoms with Crippen molar-refractivity contribution in [2.75, 3.05) is 6.54 Å². The molecule has 1 rings (SSSR count). The molecule has 0 bridgehead atoms. The van der Waals surface area contributed by atoms with Crippen molar-refractivity contribution < 1.29 is 4.79 Å². The number of nitrogens with one attached hydrogen (secondary N) is 1. The van der Waals surface area contributed by atoms with Crippen molar-refractivity contribution in [3.8, 4) is 0 Å². The van der Waals surface area contributed by atoms with Gasteiger partial charge in [0.15, 0.2) is 0 Å². The van der Waals surface area contributed by atoms with E-state index in [0.29, 0.717) is 18.0 Å². The quantitative estimate of drug-likeness (QED) is 0.661. The summed E-state index contributed by atoms with van der Waals surface area (Å²) in [5.41, 5.74) is 5.51. The van der Waals surface area contributed by atoms with E-state index in [0.717, 1.165) is 6.42 Å². The lowest BCUT2D eigenvalue weighted by Gasteiger charge is -2.05. The average molecular weight is 200 g/mol. The molecule has 0 saturated heterocycles. The highest BCUT2D eigenvalue weighted by Crippen LogP contribution is 2.51. The SMILES string of the molecule is CC1(C)CC1C(=O)NCCC(N)=S. The topological polar surface area (TPSA) is 55.1 Å². The summed E-state index contributed by atoms with van der Waals surface area (Å²) in [7, 11) is 0. The van der Waals surface area contributed by atoms with Gasteiger partial charge in [-0.05, 0) is 11.8 Å². The number of hydrogen-bond acceptors (Lipinski definition) is 2. The van der Waals surface area contributed by atoms with Gasteiger partial charge in [-0.15, -0.1) is 0 Å². The fourth-order valence-electron chi connectivity index (χ4n) is 1.35. The van der Waals surface area contributed by atoms with Gasteiger partial charge in [0.2, 0.25) is 5.91 Å². The van der Waals surface area contributed by atoms with Gasteiger partial charge in [0.25, 0.3) is 0 Å². The Bertz CT molecular complexity index is 238. The normalized spacial score (nSPS) is 23.7. The lowest BCUT2D eigenvalue weighted by molar-refractivity contribution is -0.122. The van der Waals surface area contributed by atoms with Gasteiger partial charge in [-0.2, -0.15) is 0 Å². The van der Waals surface area contributed by atoms with Crippen LogP contribution in [-0.4, -0.2) is 17.4 Å². The molecule has 13 heavy (non-hydrogen) atoms. The Labute approximate surface area is 84.1 Å². The molecule has 0 aromatic carbocycles. The van der Waals surface area contributed by atoms with E-state index in [1.54, 1.807) is 0 Å². The maximum Gasteiger partial charge on any atom is 0.223 e. The van der Waals surface area contributed by atoms with Crippen LogP contribution >= 0.6 is 12.2 Å². The lowest BCUT2D eigenvalue weighted by Crippen LogP contribution is -2.29. The monoisotopic (exact) mass is 200 g/mol. The summed E-state index contributed by atoms with van der Waals surface area (Å²) < 4.78 is 0. The third kappa shape index (κ3) is 2.95. The first-order chi connectivity index (χ1) is 5.93. The van der Waals surface area contributed by atoms with E-state index in [4.69, 9.17) is 18.0 Å². The van der Waals surface area contributed by atoms with E-state index in [-0.39, 0.29) is 17.2 Å². The molecule has 0 heterocycles. The largest absolute Gasteiger partial charge is 0.393 e. The number of thiocarbonyl (C=S) groups is 1. The molecule has 0 spiro atoms. The Morgan fingerprint density at radius 1 is 1.69 bits per heavy atom. The summed E-state index contributed by atoms with van der Waals surface area (Å²) in [4.78, 5) is 11.9. The molecule has 1 fully saturated rings. The van der Waals surface area contributed by atoms with Crippen LogP contribution in [0.1, 0.15) is 26.7 Å². The second-order valence-corrected chi connectivity index (χ2v) is 4.78. The highest BCUT2D eigenvalue weighted by molar-refractivity contribution is 7.80. The van der Waals surface area contributed by atoms with Gasteiger partial charge >= 0.3 is 0 Å². The number of carbonyl (C=O) groups is 1. The minimum absolute atomic E-state index is 0.140. The molecule has 1 unspecified atom stereocenters. The molecule has 1 atom stereocenters. The van der Waals surface area contributed by atoms with Crippen LogP contribution in [0.2, 0.25) is 0 Å². The van der Waals surface area contributed by atoms with Gasteiger partial charge in [-0.3, -0.25) is 4.79 Å². The predicted molar refractivity (Wildman–Crippen MR) is 56.3 cm³/mol. The number of carbonyl (C=O) groups excluding carboxylic acids is 1. The number of rotatable bonds is 4. The Morgan fingerprint density at radius 2 is 2.23 bits per heavy atom. The van der Waals surface area contributed by atoms with Gasteiger partial charge in [0, 0.05) is 18.9 Å². The zero-order chi connectivity index (χ0) is 10.1. The van der Waals surface area contributed by atoms with E-state index >= 15 is 0 Å². The summed E-state index contributed by atoms with van der Waals surface area (Å²) in [6, 6.07) is 0. The zero-order valence-electron chi connectivity index (χ0n) is 8.09. The predicted octanol–water partition coefficient (Wildman–Crippen LogP) is 0.825. The average Bonchev–Trinajstić information content (AvgIpc) is 2.59. The minimum atomic E-state index is 0.140. The Balaban J connectivity index is 2.17. The van der Waals surface area contributed by atoms with Crippen molar-refractivity contribution in [1.82, 2.24) is 5.32 Å². The molecule has 0 radical (unpaired) electrons. The van der Waals surface area contributed by atoms with E-state index in [9.17, 15) is 4.79 Å². The van der Waals surface area contributed by atoms with E-state index < -0.39 is 0 Å². The highest BCUT2D eigenvalue weighted by atomic mass is 32.1. The van der Waals surface area contributed by atoms with Crippen molar-refractivity contribution in [3.05, 3.63) is 0 Å². The van der Waals surface area contributed by atoms with Crippen molar-refractivity contribution in [1.29, 1.82) is 0 Å². The molecular formula is C9H16N2OS. The van der Waals surface area contributed by atoms with Crippen LogP contribution < -0.4 is 11.1 Å². The zero-order valence-corrected chi connectivity index (χ0v) is 8.91. The van der Waals surface area contributed by atoms with Crippen LogP contribution in [0.3, 0.4) is 0 Å². The molecule has 1 aliphatic carbocycles. The second kappa shape index (κ2) is 3.62. The third-order valence-electron chi connectivity index (χ3n) is 2.50. The molecular weight excluding hydrogens is 184 g/mol. The fourth-order valence-corrected chi connectivity index (χ4v) is 1.45. The molecule has 74 valence electrons. The molecule has 1 amide bonds. The first-order valence-electron chi connectivity index (χ1n) is 4.49. The van der Waals surface area contributed by atoms with Crippen molar-refractivity contribution in [3.63, 3.8) is 0 Å². The van der Waals surface area contributed by atoms with E-state index in [1.165, 1.54) is 0 Å². The van der Waals surface area contributed by atoms with Crippen molar-refractivity contribution in [2.45, 2.75) is 26.7 Å². The number of amides is 1. The highest BCUT2D eigenvalue weighted by Gasteiger charge is 2.50. The van der Waals surface area contributed by atoms with Gasteiger partial charge in [0.05, 0.1) is 4.99 Å². The van der Waals surface area contributed by atoms with Crippen LogP contribution in [0.25, 0.3) is 0 Å². The van der Waals surface area contributed by atoms with Crippen LogP contribution in [0, 0.1) is 11.3 Å². The number of hydrogen-bond donors (Lipinski definition) is 2. The molecule has 1 saturated carbocycles. The maximum atomic E-state index is 11.4. The Kier molecular flexibility index (Phi) is 2.91. The standard InChI is InChI=1S/C9H16N2OS/c1-9(2)5-6(9)8(12)11-4-3-7(10)13/h6H,3-5H2,1-2H3,(H2,10,13)(H,11,12). The summed E-state index contributed by atoms with van der Waals surface area (Å²) in [5, 5.41) is 2.83. The maximum absolute atomic E-state index is 11.4. The molecule has 4 heteroatoms. The van der Waals surface area contributed by atoms with Crippen molar-refractivity contribution >= 4 is 23.1 Å². The summed E-state index contributed by atoms with van der Waals surface area (Å²) in [5.74, 6) is 0.333. The first kappa shape index (κ1) is 10.4. The Morgan fingerprint density at radius 3 is 2.62 bits per heavy atom. The van der Waals surface area contributed by atoms with E-state index in [2.05, 4.69) is 19.2 Å². The molecule has 1 aliphatic rings.